The van der Waals surface area contributed by atoms with Gasteiger partial charge in [-0.15, -0.1) is 0 Å². The first kappa shape index (κ1) is 11.6. The van der Waals surface area contributed by atoms with Crippen LogP contribution in [0.1, 0.15) is 11.1 Å². The SMILES string of the molecule is Brc1ccc(/C=C/c2ccccc2Br)cc1. The van der Waals surface area contributed by atoms with Crippen molar-refractivity contribution in [2.75, 3.05) is 0 Å². The molecule has 0 amide bonds. The Bertz CT molecular complexity index is 498. The van der Waals surface area contributed by atoms with Gasteiger partial charge in [0.25, 0.3) is 0 Å². The van der Waals surface area contributed by atoms with Gasteiger partial charge < -0.3 is 0 Å². The van der Waals surface area contributed by atoms with E-state index >= 15 is 0 Å². The second-order valence-corrected chi connectivity index (χ2v) is 5.18. The van der Waals surface area contributed by atoms with Crippen molar-refractivity contribution < 1.29 is 0 Å². The van der Waals surface area contributed by atoms with Gasteiger partial charge in [-0.3, -0.25) is 0 Å². The Balaban J connectivity index is 2.21. The number of benzene rings is 2. The van der Waals surface area contributed by atoms with Gasteiger partial charge in [0.2, 0.25) is 0 Å². The minimum absolute atomic E-state index is 1.10. The first-order chi connectivity index (χ1) is 7.75. The summed E-state index contributed by atoms with van der Waals surface area (Å²) in [6.07, 6.45) is 4.21. The van der Waals surface area contributed by atoms with Crippen molar-refractivity contribution in [3.8, 4) is 0 Å². The molecule has 0 aliphatic rings. The summed E-state index contributed by atoms with van der Waals surface area (Å²) in [4.78, 5) is 0. The van der Waals surface area contributed by atoms with Crippen LogP contribution in [-0.4, -0.2) is 0 Å². The molecule has 0 aliphatic heterocycles. The minimum atomic E-state index is 1.10. The quantitative estimate of drug-likeness (QED) is 0.645. The Morgan fingerprint density at radius 1 is 0.750 bits per heavy atom. The largest absolute Gasteiger partial charge is 0.0616 e. The zero-order valence-corrected chi connectivity index (χ0v) is 11.7. The van der Waals surface area contributed by atoms with Gasteiger partial charge in [-0.25, -0.2) is 0 Å². The topological polar surface area (TPSA) is 0 Å². The van der Waals surface area contributed by atoms with E-state index in [1.165, 1.54) is 11.1 Å². The predicted octanol–water partition coefficient (Wildman–Crippen LogP) is 5.38. The molecule has 0 atom stereocenters. The number of halogens is 2. The lowest BCUT2D eigenvalue weighted by molar-refractivity contribution is 1.59. The molecule has 0 spiro atoms. The zero-order chi connectivity index (χ0) is 11.4. The van der Waals surface area contributed by atoms with Gasteiger partial charge in [-0.1, -0.05) is 74.3 Å². The van der Waals surface area contributed by atoms with Gasteiger partial charge in [0.05, 0.1) is 0 Å². The molecule has 0 radical (unpaired) electrons. The van der Waals surface area contributed by atoms with Crippen LogP contribution in [0.5, 0.6) is 0 Å². The highest BCUT2D eigenvalue weighted by Crippen LogP contribution is 2.19. The maximum atomic E-state index is 3.52. The van der Waals surface area contributed by atoms with Gasteiger partial charge in [0, 0.05) is 8.95 Å². The lowest BCUT2D eigenvalue weighted by Gasteiger charge is -1.97. The van der Waals surface area contributed by atoms with Crippen LogP contribution < -0.4 is 0 Å². The van der Waals surface area contributed by atoms with Crippen molar-refractivity contribution in [2.24, 2.45) is 0 Å². The summed E-state index contributed by atoms with van der Waals surface area (Å²) >= 11 is 6.94. The van der Waals surface area contributed by atoms with Crippen molar-refractivity contribution in [1.82, 2.24) is 0 Å². The first-order valence-corrected chi connectivity index (χ1v) is 6.52. The molecule has 0 aromatic heterocycles. The molecule has 2 heteroatoms. The third kappa shape index (κ3) is 3.06. The highest BCUT2D eigenvalue weighted by molar-refractivity contribution is 9.10. The van der Waals surface area contributed by atoms with Crippen molar-refractivity contribution in [3.05, 3.63) is 68.6 Å². The summed E-state index contributed by atoms with van der Waals surface area (Å²) in [5.74, 6) is 0. The van der Waals surface area contributed by atoms with E-state index in [1.807, 2.05) is 30.3 Å². The molecule has 0 unspecified atom stereocenters. The van der Waals surface area contributed by atoms with Crippen molar-refractivity contribution in [2.45, 2.75) is 0 Å². The summed E-state index contributed by atoms with van der Waals surface area (Å²) in [5, 5.41) is 0. The fourth-order valence-electron chi connectivity index (χ4n) is 1.37. The monoisotopic (exact) mass is 336 g/mol. The molecule has 0 fully saturated rings. The second-order valence-electron chi connectivity index (χ2n) is 3.41. The van der Waals surface area contributed by atoms with E-state index in [2.05, 4.69) is 62.2 Å². The molecule has 2 rings (SSSR count). The molecule has 0 N–H and O–H groups in total. The van der Waals surface area contributed by atoms with Crippen molar-refractivity contribution in [3.63, 3.8) is 0 Å². The van der Waals surface area contributed by atoms with Crippen LogP contribution in [-0.2, 0) is 0 Å². The van der Waals surface area contributed by atoms with E-state index < -0.39 is 0 Å². The standard InChI is InChI=1S/C14H10Br2/c15-13-9-6-11(7-10-13)5-8-12-3-1-2-4-14(12)16/h1-10H/b8-5+. The number of rotatable bonds is 2. The molecule has 0 saturated heterocycles. The summed E-state index contributed by atoms with van der Waals surface area (Å²) < 4.78 is 2.22. The predicted molar refractivity (Wildman–Crippen MR) is 77.2 cm³/mol. The summed E-state index contributed by atoms with van der Waals surface area (Å²) in [7, 11) is 0. The third-order valence-corrected chi connectivity index (χ3v) is 3.48. The number of hydrogen-bond donors (Lipinski definition) is 0. The molecule has 0 heterocycles. The third-order valence-electron chi connectivity index (χ3n) is 2.23. The molecule has 0 bridgehead atoms. The van der Waals surface area contributed by atoms with Crippen molar-refractivity contribution in [1.29, 1.82) is 0 Å². The molecule has 0 nitrogen and oxygen atoms in total. The highest BCUT2D eigenvalue weighted by atomic mass is 79.9. The Morgan fingerprint density at radius 3 is 2.12 bits per heavy atom. The lowest BCUT2D eigenvalue weighted by atomic mass is 10.1. The van der Waals surface area contributed by atoms with Crippen LogP contribution in [0.4, 0.5) is 0 Å². The van der Waals surface area contributed by atoms with E-state index in [-0.39, 0.29) is 0 Å². The molecule has 2 aromatic rings. The van der Waals surface area contributed by atoms with Gasteiger partial charge in [0.15, 0.2) is 0 Å². The summed E-state index contributed by atoms with van der Waals surface area (Å²) in [6.45, 7) is 0. The maximum Gasteiger partial charge on any atom is 0.0247 e. The fourth-order valence-corrected chi connectivity index (χ4v) is 2.05. The van der Waals surface area contributed by atoms with E-state index in [1.54, 1.807) is 0 Å². The fraction of sp³-hybridized carbons (Fsp3) is 0. The van der Waals surface area contributed by atoms with E-state index in [0.717, 1.165) is 8.95 Å². The van der Waals surface area contributed by atoms with Gasteiger partial charge >= 0.3 is 0 Å². The van der Waals surface area contributed by atoms with Gasteiger partial charge in [0.1, 0.15) is 0 Å². The second kappa shape index (κ2) is 5.46. The average Bonchev–Trinajstić information content (AvgIpc) is 2.30. The Labute approximate surface area is 112 Å². The van der Waals surface area contributed by atoms with Crippen molar-refractivity contribution >= 4 is 44.0 Å². The Kier molecular flexibility index (Phi) is 3.97. The van der Waals surface area contributed by atoms with E-state index in [9.17, 15) is 0 Å². The van der Waals surface area contributed by atoms with Crippen LogP contribution in [0.15, 0.2) is 57.5 Å². The van der Waals surface area contributed by atoms with Crippen LogP contribution in [0.3, 0.4) is 0 Å². The Morgan fingerprint density at radius 2 is 1.44 bits per heavy atom. The van der Waals surface area contributed by atoms with E-state index in [4.69, 9.17) is 0 Å². The summed E-state index contributed by atoms with van der Waals surface area (Å²) in [6, 6.07) is 16.4. The molecule has 2 aromatic carbocycles. The smallest absolute Gasteiger partial charge is 0.0247 e. The summed E-state index contributed by atoms with van der Waals surface area (Å²) in [5.41, 5.74) is 2.38. The average molecular weight is 338 g/mol. The van der Waals surface area contributed by atoms with Crippen LogP contribution in [0.25, 0.3) is 12.2 Å². The van der Waals surface area contributed by atoms with E-state index in [0.29, 0.717) is 0 Å². The van der Waals surface area contributed by atoms with Gasteiger partial charge in [-0.2, -0.15) is 0 Å². The zero-order valence-electron chi connectivity index (χ0n) is 8.53. The van der Waals surface area contributed by atoms with Crippen LogP contribution in [0.2, 0.25) is 0 Å². The molecule has 0 saturated carbocycles. The maximum absolute atomic E-state index is 3.52. The van der Waals surface area contributed by atoms with Crippen LogP contribution in [0, 0.1) is 0 Å². The minimum Gasteiger partial charge on any atom is -0.0616 e. The molecular formula is C14H10Br2. The van der Waals surface area contributed by atoms with Crippen LogP contribution >= 0.6 is 31.9 Å². The number of hydrogen-bond acceptors (Lipinski definition) is 0. The molecule has 80 valence electrons. The molecule has 16 heavy (non-hydrogen) atoms. The Hall–Kier alpha value is -0.860. The lowest BCUT2D eigenvalue weighted by Crippen LogP contribution is -1.74. The molecular weight excluding hydrogens is 328 g/mol. The van der Waals surface area contributed by atoms with Gasteiger partial charge in [-0.05, 0) is 29.3 Å². The normalized spacial score (nSPS) is 10.9. The molecule has 0 aliphatic carbocycles. The first-order valence-electron chi connectivity index (χ1n) is 4.94. The highest BCUT2D eigenvalue weighted by Gasteiger charge is 1.93.